The van der Waals surface area contributed by atoms with E-state index in [1.54, 1.807) is 6.20 Å². The molecule has 3 heterocycles. The van der Waals surface area contributed by atoms with Crippen molar-refractivity contribution in [3.05, 3.63) is 42.0 Å². The normalized spacial score (nSPS) is 17.1. The lowest BCUT2D eigenvalue weighted by atomic mass is 10.2. The second-order valence-corrected chi connectivity index (χ2v) is 5.77. The zero-order valence-corrected chi connectivity index (χ0v) is 13.9. The summed E-state index contributed by atoms with van der Waals surface area (Å²) < 4.78 is 4.97. The van der Waals surface area contributed by atoms with Crippen molar-refractivity contribution in [1.82, 2.24) is 19.9 Å². The molecule has 1 N–H and O–H groups in total. The van der Waals surface area contributed by atoms with Gasteiger partial charge in [-0.1, -0.05) is 6.07 Å². The van der Waals surface area contributed by atoms with Crippen LogP contribution in [0.25, 0.3) is 0 Å². The topological polar surface area (TPSA) is 80.2 Å². The molecule has 7 nitrogen and oxygen atoms in total. The molecule has 0 saturated carbocycles. The fraction of sp³-hybridized carbons (Fsp3) is 0.412. The van der Waals surface area contributed by atoms with E-state index in [2.05, 4.69) is 20.3 Å². The first kappa shape index (κ1) is 16.3. The lowest BCUT2D eigenvalue weighted by Crippen LogP contribution is -2.34. The average Bonchev–Trinajstić information content (AvgIpc) is 3.05. The van der Waals surface area contributed by atoms with Crippen LogP contribution in [0, 0.1) is 6.92 Å². The number of pyridine rings is 1. The molecular weight excluding hydrogens is 306 g/mol. The van der Waals surface area contributed by atoms with Gasteiger partial charge < -0.3 is 15.0 Å². The molecule has 0 aromatic carbocycles. The van der Waals surface area contributed by atoms with Crippen LogP contribution in [0.4, 0.5) is 11.6 Å². The Morgan fingerprint density at radius 1 is 1.38 bits per heavy atom. The number of carbonyl (C=O) groups excluding carboxylic acids is 1. The molecule has 24 heavy (non-hydrogen) atoms. The molecule has 3 rings (SSSR count). The van der Waals surface area contributed by atoms with Crippen LogP contribution in [0.5, 0.6) is 0 Å². The number of nitrogens with one attached hydrogen (secondary N) is 1. The number of likely N-dealkylation sites (tertiary alicyclic amines) is 1. The molecule has 2 aromatic rings. The highest BCUT2D eigenvalue weighted by Gasteiger charge is 2.32. The number of ether oxygens (including phenoxy) is 1. The molecule has 1 amide bonds. The molecule has 126 valence electrons. The number of methoxy groups -OCH3 is 1. The SMILES string of the molecule is COCC(=O)N1CCCC1c1nc(C)cc(Nc2ccccn2)n1. The monoisotopic (exact) mass is 327 g/mol. The summed E-state index contributed by atoms with van der Waals surface area (Å²) in [4.78, 5) is 27.4. The maximum Gasteiger partial charge on any atom is 0.249 e. The maximum absolute atomic E-state index is 12.2. The van der Waals surface area contributed by atoms with Gasteiger partial charge in [-0.05, 0) is 31.9 Å². The van der Waals surface area contributed by atoms with Gasteiger partial charge in [0.1, 0.15) is 18.2 Å². The summed E-state index contributed by atoms with van der Waals surface area (Å²) >= 11 is 0. The minimum absolute atomic E-state index is 0.0238. The predicted octanol–water partition coefficient (Wildman–Crippen LogP) is 2.23. The van der Waals surface area contributed by atoms with Crippen molar-refractivity contribution in [2.45, 2.75) is 25.8 Å². The number of hydrogen-bond donors (Lipinski definition) is 1. The Hall–Kier alpha value is -2.54. The van der Waals surface area contributed by atoms with Gasteiger partial charge in [0.15, 0.2) is 5.82 Å². The second-order valence-electron chi connectivity index (χ2n) is 5.77. The highest BCUT2D eigenvalue weighted by molar-refractivity contribution is 5.78. The van der Waals surface area contributed by atoms with E-state index in [0.29, 0.717) is 18.2 Å². The van der Waals surface area contributed by atoms with Crippen LogP contribution in [0.15, 0.2) is 30.5 Å². The molecular formula is C17H21N5O2. The van der Waals surface area contributed by atoms with Gasteiger partial charge in [0.25, 0.3) is 0 Å². The van der Waals surface area contributed by atoms with Gasteiger partial charge in [-0.3, -0.25) is 4.79 Å². The van der Waals surface area contributed by atoms with Gasteiger partial charge in [-0.15, -0.1) is 0 Å². The van der Waals surface area contributed by atoms with Crippen molar-refractivity contribution in [2.75, 3.05) is 25.6 Å². The number of aryl methyl sites for hydroxylation is 1. The summed E-state index contributed by atoms with van der Waals surface area (Å²) in [6.45, 7) is 2.72. The van der Waals surface area contributed by atoms with Crippen LogP contribution in [0.1, 0.15) is 30.4 Å². The largest absolute Gasteiger partial charge is 0.375 e. The summed E-state index contributed by atoms with van der Waals surface area (Å²) in [5, 5.41) is 3.19. The molecule has 1 unspecified atom stereocenters. The molecule has 1 atom stereocenters. The van der Waals surface area contributed by atoms with E-state index >= 15 is 0 Å². The van der Waals surface area contributed by atoms with Gasteiger partial charge in [0, 0.05) is 31.6 Å². The quantitative estimate of drug-likeness (QED) is 0.907. The molecule has 0 aliphatic carbocycles. The Morgan fingerprint density at radius 3 is 3.00 bits per heavy atom. The first-order valence-corrected chi connectivity index (χ1v) is 7.99. The zero-order chi connectivity index (χ0) is 16.9. The minimum Gasteiger partial charge on any atom is -0.375 e. The van der Waals surface area contributed by atoms with E-state index in [1.807, 2.05) is 36.1 Å². The minimum atomic E-state index is -0.100. The first-order chi connectivity index (χ1) is 11.7. The molecule has 1 aliphatic heterocycles. The number of carbonyl (C=O) groups is 1. The van der Waals surface area contributed by atoms with Crippen LogP contribution >= 0.6 is 0 Å². The number of nitrogens with zero attached hydrogens (tertiary/aromatic N) is 4. The predicted molar refractivity (Wildman–Crippen MR) is 89.9 cm³/mol. The Kier molecular flexibility index (Phi) is 5.00. The molecule has 0 spiro atoms. The average molecular weight is 327 g/mol. The number of amides is 1. The van der Waals surface area contributed by atoms with E-state index in [0.717, 1.165) is 24.4 Å². The number of hydrogen-bond acceptors (Lipinski definition) is 6. The Balaban J connectivity index is 1.84. The maximum atomic E-state index is 12.2. The van der Waals surface area contributed by atoms with Gasteiger partial charge in [0.05, 0.1) is 6.04 Å². The number of rotatable bonds is 5. The highest BCUT2D eigenvalue weighted by Crippen LogP contribution is 2.30. The standard InChI is InChI=1S/C17H21N5O2/c1-12-10-15(20-14-7-3-4-8-18-14)21-17(19-12)13-6-5-9-22(13)16(23)11-24-2/h3-4,7-8,10,13H,5-6,9,11H2,1-2H3,(H,18,19,20,21). The van der Waals surface area contributed by atoms with E-state index in [4.69, 9.17) is 4.74 Å². The lowest BCUT2D eigenvalue weighted by Gasteiger charge is -2.24. The molecule has 1 aliphatic rings. The van der Waals surface area contributed by atoms with E-state index in [1.165, 1.54) is 7.11 Å². The number of aromatic nitrogens is 3. The second kappa shape index (κ2) is 7.35. The van der Waals surface area contributed by atoms with Crippen LogP contribution < -0.4 is 5.32 Å². The van der Waals surface area contributed by atoms with Crippen molar-refractivity contribution < 1.29 is 9.53 Å². The van der Waals surface area contributed by atoms with Crippen molar-refractivity contribution in [3.8, 4) is 0 Å². The van der Waals surface area contributed by atoms with E-state index < -0.39 is 0 Å². The van der Waals surface area contributed by atoms with E-state index in [9.17, 15) is 4.79 Å². The summed E-state index contributed by atoms with van der Waals surface area (Å²) in [5.41, 5.74) is 0.851. The van der Waals surface area contributed by atoms with Gasteiger partial charge in [0.2, 0.25) is 5.91 Å². The van der Waals surface area contributed by atoms with Crippen LogP contribution in [-0.2, 0) is 9.53 Å². The molecule has 2 aromatic heterocycles. The van der Waals surface area contributed by atoms with Crippen molar-refractivity contribution >= 4 is 17.5 Å². The van der Waals surface area contributed by atoms with Crippen molar-refractivity contribution in [3.63, 3.8) is 0 Å². The van der Waals surface area contributed by atoms with Crippen LogP contribution in [-0.4, -0.2) is 46.0 Å². The molecule has 7 heteroatoms. The Bertz CT molecular complexity index is 707. The van der Waals surface area contributed by atoms with E-state index in [-0.39, 0.29) is 18.6 Å². The van der Waals surface area contributed by atoms with Gasteiger partial charge >= 0.3 is 0 Å². The first-order valence-electron chi connectivity index (χ1n) is 7.99. The Labute approximate surface area is 141 Å². The highest BCUT2D eigenvalue weighted by atomic mass is 16.5. The van der Waals surface area contributed by atoms with Gasteiger partial charge in [-0.2, -0.15) is 0 Å². The molecule has 0 radical (unpaired) electrons. The summed E-state index contributed by atoms with van der Waals surface area (Å²) in [7, 11) is 1.53. The smallest absolute Gasteiger partial charge is 0.249 e. The molecule has 0 bridgehead atoms. The third-order valence-electron chi connectivity index (χ3n) is 3.93. The third-order valence-corrected chi connectivity index (χ3v) is 3.93. The summed E-state index contributed by atoms with van der Waals surface area (Å²) in [6, 6.07) is 7.42. The van der Waals surface area contributed by atoms with Gasteiger partial charge in [-0.25, -0.2) is 15.0 Å². The Morgan fingerprint density at radius 2 is 2.25 bits per heavy atom. The lowest BCUT2D eigenvalue weighted by molar-refractivity contribution is -0.136. The summed E-state index contributed by atoms with van der Waals surface area (Å²) in [6.07, 6.45) is 3.53. The number of anilines is 2. The van der Waals surface area contributed by atoms with Crippen LogP contribution in [0.3, 0.4) is 0 Å². The summed E-state index contributed by atoms with van der Waals surface area (Å²) in [5.74, 6) is 2.04. The van der Waals surface area contributed by atoms with Crippen LogP contribution in [0.2, 0.25) is 0 Å². The molecule has 1 fully saturated rings. The fourth-order valence-electron chi connectivity index (χ4n) is 2.91. The zero-order valence-electron chi connectivity index (χ0n) is 13.9. The fourth-order valence-corrected chi connectivity index (χ4v) is 2.91. The third kappa shape index (κ3) is 3.68. The van der Waals surface area contributed by atoms with Crippen molar-refractivity contribution in [2.24, 2.45) is 0 Å². The van der Waals surface area contributed by atoms with Crippen molar-refractivity contribution in [1.29, 1.82) is 0 Å². The molecule has 1 saturated heterocycles.